The standard InChI is InChI=1S/C16H21N3O4S/c17-14(21)10-24-11-15(22)18-5-7-19(8-6-18)16(23)13-3-1-12(9-20)2-4-13/h1-4,20H,5-11H2,(H2,17,21). The summed E-state index contributed by atoms with van der Waals surface area (Å²) in [6, 6.07) is 6.85. The number of hydrogen-bond acceptors (Lipinski definition) is 5. The van der Waals surface area contributed by atoms with Crippen LogP contribution in [0.2, 0.25) is 0 Å². The summed E-state index contributed by atoms with van der Waals surface area (Å²) in [6.07, 6.45) is 0. The average molecular weight is 351 g/mol. The van der Waals surface area contributed by atoms with Crippen molar-refractivity contribution in [2.24, 2.45) is 5.73 Å². The first-order valence-electron chi connectivity index (χ1n) is 7.64. The van der Waals surface area contributed by atoms with Crippen LogP contribution in [0.15, 0.2) is 24.3 Å². The van der Waals surface area contributed by atoms with E-state index in [2.05, 4.69) is 0 Å². The Balaban J connectivity index is 1.81. The van der Waals surface area contributed by atoms with Gasteiger partial charge in [-0.05, 0) is 17.7 Å². The molecule has 0 aromatic heterocycles. The molecule has 7 nitrogen and oxygen atoms in total. The molecule has 1 aliphatic rings. The molecule has 1 saturated heterocycles. The van der Waals surface area contributed by atoms with Gasteiger partial charge in [-0.15, -0.1) is 11.8 Å². The second-order valence-corrected chi connectivity index (χ2v) is 6.47. The summed E-state index contributed by atoms with van der Waals surface area (Å²) >= 11 is 1.20. The van der Waals surface area contributed by atoms with Gasteiger partial charge in [0.2, 0.25) is 11.8 Å². The van der Waals surface area contributed by atoms with E-state index in [1.807, 2.05) is 0 Å². The normalized spacial score (nSPS) is 14.5. The summed E-state index contributed by atoms with van der Waals surface area (Å²) in [5, 5.41) is 9.03. The van der Waals surface area contributed by atoms with Crippen LogP contribution in [0.4, 0.5) is 0 Å². The molecule has 3 amide bonds. The molecule has 0 bridgehead atoms. The van der Waals surface area contributed by atoms with Gasteiger partial charge in [0.15, 0.2) is 0 Å². The number of thioether (sulfide) groups is 1. The van der Waals surface area contributed by atoms with Crippen LogP contribution < -0.4 is 5.73 Å². The third-order valence-corrected chi connectivity index (χ3v) is 4.71. The Morgan fingerprint density at radius 1 is 1.00 bits per heavy atom. The van der Waals surface area contributed by atoms with E-state index in [0.29, 0.717) is 31.7 Å². The molecule has 0 aliphatic carbocycles. The Morgan fingerprint density at radius 3 is 2.12 bits per heavy atom. The molecule has 0 unspecified atom stereocenters. The van der Waals surface area contributed by atoms with Gasteiger partial charge in [-0.1, -0.05) is 12.1 Å². The molecule has 24 heavy (non-hydrogen) atoms. The molecule has 1 fully saturated rings. The second kappa shape index (κ2) is 8.70. The molecule has 0 spiro atoms. The molecule has 1 aliphatic heterocycles. The maximum absolute atomic E-state index is 12.4. The molecule has 1 aromatic rings. The van der Waals surface area contributed by atoms with Gasteiger partial charge in [0, 0.05) is 31.7 Å². The Bertz CT molecular complexity index is 598. The molecule has 0 radical (unpaired) electrons. The SMILES string of the molecule is NC(=O)CSCC(=O)N1CCN(C(=O)c2ccc(CO)cc2)CC1. The Kier molecular flexibility index (Phi) is 6.62. The lowest BCUT2D eigenvalue weighted by atomic mass is 10.1. The van der Waals surface area contributed by atoms with Gasteiger partial charge in [0.05, 0.1) is 18.1 Å². The zero-order valence-electron chi connectivity index (χ0n) is 13.3. The first-order valence-corrected chi connectivity index (χ1v) is 8.79. The average Bonchev–Trinajstić information content (AvgIpc) is 2.61. The van der Waals surface area contributed by atoms with Gasteiger partial charge in [-0.3, -0.25) is 14.4 Å². The summed E-state index contributed by atoms with van der Waals surface area (Å²) in [5.41, 5.74) is 6.37. The monoisotopic (exact) mass is 351 g/mol. The highest BCUT2D eigenvalue weighted by Gasteiger charge is 2.24. The van der Waals surface area contributed by atoms with Gasteiger partial charge < -0.3 is 20.6 Å². The lowest BCUT2D eigenvalue weighted by molar-refractivity contribution is -0.129. The highest BCUT2D eigenvalue weighted by atomic mass is 32.2. The topological polar surface area (TPSA) is 104 Å². The first-order chi connectivity index (χ1) is 11.5. The minimum absolute atomic E-state index is 0.0411. The summed E-state index contributed by atoms with van der Waals surface area (Å²) in [4.78, 5) is 38.5. The predicted molar refractivity (Wildman–Crippen MR) is 91.4 cm³/mol. The predicted octanol–water partition coefficient (Wildman–Crippen LogP) is -0.318. The third-order valence-electron chi connectivity index (χ3n) is 3.77. The number of aliphatic hydroxyl groups excluding tert-OH is 1. The van der Waals surface area contributed by atoms with Crippen molar-refractivity contribution < 1.29 is 19.5 Å². The zero-order chi connectivity index (χ0) is 17.5. The van der Waals surface area contributed by atoms with Crippen molar-refractivity contribution in [3.8, 4) is 0 Å². The molecule has 2 rings (SSSR count). The number of piperazine rings is 1. The van der Waals surface area contributed by atoms with Gasteiger partial charge in [0.1, 0.15) is 0 Å². The zero-order valence-corrected chi connectivity index (χ0v) is 14.1. The fourth-order valence-electron chi connectivity index (χ4n) is 2.42. The summed E-state index contributed by atoms with van der Waals surface area (Å²) in [6.45, 7) is 1.87. The summed E-state index contributed by atoms with van der Waals surface area (Å²) in [7, 11) is 0. The Hall–Kier alpha value is -2.06. The van der Waals surface area contributed by atoms with E-state index in [0.717, 1.165) is 5.56 Å². The van der Waals surface area contributed by atoms with Crippen LogP contribution in [-0.2, 0) is 16.2 Å². The molecule has 0 atom stereocenters. The van der Waals surface area contributed by atoms with Crippen LogP contribution in [0.3, 0.4) is 0 Å². The van der Waals surface area contributed by atoms with Crippen molar-refractivity contribution in [2.45, 2.75) is 6.61 Å². The van der Waals surface area contributed by atoms with Crippen molar-refractivity contribution >= 4 is 29.5 Å². The Morgan fingerprint density at radius 2 is 1.58 bits per heavy atom. The van der Waals surface area contributed by atoms with E-state index in [-0.39, 0.29) is 29.9 Å². The highest BCUT2D eigenvalue weighted by Crippen LogP contribution is 2.12. The third kappa shape index (κ3) is 4.97. The molecule has 3 N–H and O–H groups in total. The minimum atomic E-state index is -0.435. The first kappa shape index (κ1) is 18.3. The van der Waals surface area contributed by atoms with Crippen molar-refractivity contribution in [2.75, 3.05) is 37.7 Å². The number of benzene rings is 1. The number of nitrogens with two attached hydrogens (primary N) is 1. The van der Waals surface area contributed by atoms with Crippen molar-refractivity contribution in [3.05, 3.63) is 35.4 Å². The van der Waals surface area contributed by atoms with Crippen LogP contribution in [-0.4, -0.2) is 70.3 Å². The maximum Gasteiger partial charge on any atom is 0.253 e. The van der Waals surface area contributed by atoms with E-state index in [9.17, 15) is 14.4 Å². The number of primary amides is 1. The number of amides is 3. The van der Waals surface area contributed by atoms with Crippen LogP contribution >= 0.6 is 11.8 Å². The van der Waals surface area contributed by atoms with Crippen LogP contribution in [0.25, 0.3) is 0 Å². The maximum atomic E-state index is 12.4. The van der Waals surface area contributed by atoms with Crippen LogP contribution in [0.5, 0.6) is 0 Å². The summed E-state index contributed by atoms with van der Waals surface area (Å²) < 4.78 is 0. The number of carbonyl (C=O) groups is 3. The number of aliphatic hydroxyl groups is 1. The molecule has 130 valence electrons. The molecule has 0 saturated carbocycles. The molecular weight excluding hydrogens is 330 g/mol. The number of carbonyl (C=O) groups excluding carboxylic acids is 3. The lowest BCUT2D eigenvalue weighted by Crippen LogP contribution is -2.51. The van der Waals surface area contributed by atoms with E-state index in [1.165, 1.54) is 11.8 Å². The Labute approximate surface area is 144 Å². The van der Waals surface area contributed by atoms with Crippen LogP contribution in [0, 0.1) is 0 Å². The van der Waals surface area contributed by atoms with Gasteiger partial charge >= 0.3 is 0 Å². The van der Waals surface area contributed by atoms with E-state index < -0.39 is 5.91 Å². The minimum Gasteiger partial charge on any atom is -0.392 e. The number of nitrogens with zero attached hydrogens (tertiary/aromatic N) is 2. The fraction of sp³-hybridized carbons (Fsp3) is 0.438. The highest BCUT2D eigenvalue weighted by molar-refractivity contribution is 8.00. The molecule has 1 heterocycles. The van der Waals surface area contributed by atoms with Crippen LogP contribution in [0.1, 0.15) is 15.9 Å². The summed E-state index contributed by atoms with van der Waals surface area (Å²) in [5.74, 6) is -0.196. The van der Waals surface area contributed by atoms with Gasteiger partial charge in [0.25, 0.3) is 5.91 Å². The molecule has 1 aromatic carbocycles. The largest absolute Gasteiger partial charge is 0.392 e. The second-order valence-electron chi connectivity index (χ2n) is 5.49. The van der Waals surface area contributed by atoms with Gasteiger partial charge in [-0.2, -0.15) is 0 Å². The van der Waals surface area contributed by atoms with Crippen molar-refractivity contribution in [3.63, 3.8) is 0 Å². The number of rotatable bonds is 6. The molecule has 8 heteroatoms. The fourth-order valence-corrected chi connectivity index (χ4v) is 3.08. The van der Waals surface area contributed by atoms with E-state index in [4.69, 9.17) is 10.8 Å². The van der Waals surface area contributed by atoms with E-state index >= 15 is 0 Å². The van der Waals surface area contributed by atoms with Gasteiger partial charge in [-0.25, -0.2) is 0 Å². The number of hydrogen-bond donors (Lipinski definition) is 2. The molecular formula is C16H21N3O4S. The van der Waals surface area contributed by atoms with E-state index in [1.54, 1.807) is 34.1 Å². The lowest BCUT2D eigenvalue weighted by Gasteiger charge is -2.34. The van der Waals surface area contributed by atoms with Crippen molar-refractivity contribution in [1.82, 2.24) is 9.80 Å². The quantitative estimate of drug-likeness (QED) is 0.731. The smallest absolute Gasteiger partial charge is 0.253 e. The van der Waals surface area contributed by atoms with Crippen molar-refractivity contribution in [1.29, 1.82) is 0 Å².